The topological polar surface area (TPSA) is 98.7 Å². The van der Waals surface area contributed by atoms with Crippen LogP contribution in [0.25, 0.3) is 0 Å². The lowest BCUT2D eigenvalue weighted by atomic mass is 9.97. The number of carbonyl (C=O) groups is 1. The Morgan fingerprint density at radius 2 is 1.91 bits per heavy atom. The third-order valence-corrected chi connectivity index (χ3v) is 3.99. The highest BCUT2D eigenvalue weighted by Crippen LogP contribution is 2.21. The largest absolute Gasteiger partial charge is 0.469 e. The first kappa shape index (κ1) is 16.6. The Bertz CT molecular complexity index is 609. The SMILES string of the molecule is COC(=O)C1CCN(c2ncc(COS(C)(=O)=O)cn2)CC1. The van der Waals surface area contributed by atoms with Gasteiger partial charge in [0.15, 0.2) is 0 Å². The minimum atomic E-state index is -3.48. The van der Waals surface area contributed by atoms with Crippen molar-refractivity contribution in [3.8, 4) is 0 Å². The number of esters is 1. The van der Waals surface area contributed by atoms with Crippen molar-refractivity contribution in [3.05, 3.63) is 18.0 Å². The second kappa shape index (κ2) is 7.01. The number of aromatic nitrogens is 2. The molecule has 2 heterocycles. The second-order valence-corrected chi connectivity index (χ2v) is 6.79. The number of hydrogen-bond donors (Lipinski definition) is 0. The molecule has 0 spiro atoms. The van der Waals surface area contributed by atoms with E-state index in [1.165, 1.54) is 7.11 Å². The monoisotopic (exact) mass is 329 g/mol. The molecule has 0 saturated carbocycles. The van der Waals surface area contributed by atoms with Crippen molar-refractivity contribution in [2.45, 2.75) is 19.4 Å². The normalized spacial score (nSPS) is 16.5. The van der Waals surface area contributed by atoms with E-state index in [1.54, 1.807) is 12.4 Å². The van der Waals surface area contributed by atoms with Gasteiger partial charge in [-0.15, -0.1) is 0 Å². The summed E-state index contributed by atoms with van der Waals surface area (Å²) in [4.78, 5) is 21.9. The molecule has 1 aromatic heterocycles. The van der Waals surface area contributed by atoms with Gasteiger partial charge in [-0.2, -0.15) is 8.42 Å². The van der Waals surface area contributed by atoms with E-state index in [9.17, 15) is 13.2 Å². The lowest BCUT2D eigenvalue weighted by Crippen LogP contribution is -2.37. The number of piperidine rings is 1. The van der Waals surface area contributed by atoms with Crippen molar-refractivity contribution < 1.29 is 22.1 Å². The number of nitrogens with zero attached hydrogens (tertiary/aromatic N) is 3. The summed E-state index contributed by atoms with van der Waals surface area (Å²) in [5, 5.41) is 0. The van der Waals surface area contributed by atoms with E-state index in [2.05, 4.69) is 14.2 Å². The van der Waals surface area contributed by atoms with Gasteiger partial charge in [-0.1, -0.05) is 0 Å². The highest BCUT2D eigenvalue weighted by Gasteiger charge is 2.26. The molecule has 122 valence electrons. The third-order valence-electron chi connectivity index (χ3n) is 3.44. The Kier molecular flexibility index (Phi) is 5.30. The Hall–Kier alpha value is -1.74. The Balaban J connectivity index is 1.90. The van der Waals surface area contributed by atoms with Gasteiger partial charge < -0.3 is 9.64 Å². The summed E-state index contributed by atoms with van der Waals surface area (Å²) in [6.07, 6.45) is 5.48. The van der Waals surface area contributed by atoms with Gasteiger partial charge in [0.1, 0.15) is 0 Å². The van der Waals surface area contributed by atoms with Crippen LogP contribution in [0.2, 0.25) is 0 Å². The zero-order valence-corrected chi connectivity index (χ0v) is 13.4. The summed E-state index contributed by atoms with van der Waals surface area (Å²) in [6.45, 7) is 1.28. The molecule has 0 N–H and O–H groups in total. The first-order valence-electron chi connectivity index (χ1n) is 6.87. The van der Waals surface area contributed by atoms with Crippen molar-refractivity contribution in [1.82, 2.24) is 9.97 Å². The lowest BCUT2D eigenvalue weighted by molar-refractivity contribution is -0.146. The van der Waals surface area contributed by atoms with Crippen LogP contribution in [0.15, 0.2) is 12.4 Å². The second-order valence-electron chi connectivity index (χ2n) is 5.14. The molecule has 1 aliphatic rings. The fourth-order valence-corrected chi connectivity index (χ4v) is 2.59. The number of carbonyl (C=O) groups excluding carboxylic acids is 1. The number of methoxy groups -OCH3 is 1. The van der Waals surface area contributed by atoms with Crippen molar-refractivity contribution in [2.24, 2.45) is 5.92 Å². The summed E-state index contributed by atoms with van der Waals surface area (Å²) in [5.41, 5.74) is 0.582. The van der Waals surface area contributed by atoms with Gasteiger partial charge in [0.25, 0.3) is 10.1 Å². The van der Waals surface area contributed by atoms with Gasteiger partial charge in [-0.25, -0.2) is 9.97 Å². The maximum absolute atomic E-state index is 11.5. The predicted octanol–water partition coefficient (Wildman–Crippen LogP) is 0.342. The quantitative estimate of drug-likeness (QED) is 0.563. The smallest absolute Gasteiger partial charge is 0.308 e. The number of anilines is 1. The van der Waals surface area contributed by atoms with Crippen molar-refractivity contribution in [2.75, 3.05) is 31.4 Å². The molecule has 1 aliphatic heterocycles. The minimum absolute atomic E-state index is 0.0660. The average Bonchev–Trinajstić information content (AvgIpc) is 2.52. The fourth-order valence-electron chi connectivity index (χ4n) is 2.24. The van der Waals surface area contributed by atoms with Crippen LogP contribution in [0.1, 0.15) is 18.4 Å². The minimum Gasteiger partial charge on any atom is -0.469 e. The molecule has 8 nitrogen and oxygen atoms in total. The van der Waals surface area contributed by atoms with Gasteiger partial charge in [0.05, 0.1) is 25.9 Å². The maximum atomic E-state index is 11.5. The van der Waals surface area contributed by atoms with Crippen LogP contribution in [0.3, 0.4) is 0 Å². The standard InChI is InChI=1S/C13H19N3O5S/c1-20-12(17)11-3-5-16(6-4-11)13-14-7-10(8-15-13)9-21-22(2,18)19/h7-8,11H,3-6,9H2,1-2H3. The summed E-state index contributed by atoms with van der Waals surface area (Å²) >= 11 is 0. The molecule has 0 amide bonds. The first-order valence-corrected chi connectivity index (χ1v) is 8.69. The summed E-state index contributed by atoms with van der Waals surface area (Å²) in [7, 11) is -2.08. The molecule has 0 aromatic carbocycles. The van der Waals surface area contributed by atoms with Crippen LogP contribution in [0.4, 0.5) is 5.95 Å². The highest BCUT2D eigenvalue weighted by atomic mass is 32.2. The fraction of sp³-hybridized carbons (Fsp3) is 0.615. The van der Waals surface area contributed by atoms with Gasteiger partial charge >= 0.3 is 5.97 Å². The molecule has 1 saturated heterocycles. The molecular formula is C13H19N3O5S. The van der Waals surface area contributed by atoms with Crippen molar-refractivity contribution in [1.29, 1.82) is 0 Å². The lowest BCUT2D eigenvalue weighted by Gasteiger charge is -2.30. The van der Waals surface area contributed by atoms with Gasteiger partial charge in [-0.05, 0) is 12.8 Å². The summed E-state index contributed by atoms with van der Waals surface area (Å²) < 4.78 is 31.3. The summed E-state index contributed by atoms with van der Waals surface area (Å²) in [5.74, 6) is 0.323. The van der Waals surface area contributed by atoms with Gasteiger partial charge in [-0.3, -0.25) is 8.98 Å². The van der Waals surface area contributed by atoms with Crippen LogP contribution in [-0.2, 0) is 30.4 Å². The maximum Gasteiger partial charge on any atom is 0.308 e. The number of rotatable bonds is 5. The molecule has 1 aromatic rings. The van der Waals surface area contributed by atoms with Crippen LogP contribution < -0.4 is 4.90 Å². The molecule has 22 heavy (non-hydrogen) atoms. The molecule has 0 unspecified atom stereocenters. The molecule has 2 rings (SSSR count). The van der Waals surface area contributed by atoms with E-state index in [1.807, 2.05) is 4.90 Å². The molecule has 1 fully saturated rings. The highest BCUT2D eigenvalue weighted by molar-refractivity contribution is 7.85. The van der Waals surface area contributed by atoms with Crippen LogP contribution in [0, 0.1) is 5.92 Å². The van der Waals surface area contributed by atoms with Crippen LogP contribution in [-0.4, -0.2) is 50.8 Å². The van der Waals surface area contributed by atoms with Crippen molar-refractivity contribution >= 4 is 22.0 Å². The molecule has 9 heteroatoms. The van der Waals surface area contributed by atoms with Gasteiger partial charge in [0, 0.05) is 31.0 Å². The van der Waals surface area contributed by atoms with E-state index >= 15 is 0 Å². The molecule has 0 bridgehead atoms. The molecular weight excluding hydrogens is 310 g/mol. The third kappa shape index (κ3) is 4.63. The Labute approximate surface area is 129 Å². The zero-order chi connectivity index (χ0) is 16.2. The Morgan fingerprint density at radius 1 is 1.32 bits per heavy atom. The zero-order valence-electron chi connectivity index (χ0n) is 12.6. The molecule has 0 radical (unpaired) electrons. The molecule has 0 aliphatic carbocycles. The summed E-state index contributed by atoms with van der Waals surface area (Å²) in [6, 6.07) is 0. The van der Waals surface area contributed by atoms with Crippen LogP contribution in [0.5, 0.6) is 0 Å². The van der Waals surface area contributed by atoms with Crippen LogP contribution >= 0.6 is 0 Å². The number of hydrogen-bond acceptors (Lipinski definition) is 8. The number of ether oxygens (including phenoxy) is 1. The Morgan fingerprint density at radius 3 is 2.41 bits per heavy atom. The van der Waals surface area contributed by atoms with Gasteiger partial charge in [0.2, 0.25) is 5.95 Å². The first-order chi connectivity index (χ1) is 10.4. The van der Waals surface area contributed by atoms with E-state index in [0.29, 0.717) is 37.4 Å². The van der Waals surface area contributed by atoms with E-state index in [4.69, 9.17) is 4.74 Å². The van der Waals surface area contributed by atoms with E-state index < -0.39 is 10.1 Å². The predicted molar refractivity (Wildman–Crippen MR) is 78.6 cm³/mol. The molecule has 0 atom stereocenters. The van der Waals surface area contributed by atoms with E-state index in [0.717, 1.165) is 6.26 Å². The average molecular weight is 329 g/mol. The van der Waals surface area contributed by atoms with E-state index in [-0.39, 0.29) is 18.5 Å². The van der Waals surface area contributed by atoms with Crippen molar-refractivity contribution in [3.63, 3.8) is 0 Å².